The molecular weight excluding hydrogens is 309 g/mol. The lowest BCUT2D eigenvalue weighted by Gasteiger charge is -2.08. The van der Waals surface area contributed by atoms with E-state index in [-0.39, 0.29) is 12.5 Å². The molecule has 0 aromatic heterocycles. The summed E-state index contributed by atoms with van der Waals surface area (Å²) in [7, 11) is 0. The highest BCUT2D eigenvalue weighted by Crippen LogP contribution is 2.21. The number of hydrogen-bond donors (Lipinski definition) is 2. The number of carbonyl (C=O) groups excluding carboxylic acids is 1. The maximum absolute atomic E-state index is 12.2. The van der Waals surface area contributed by atoms with Gasteiger partial charge in [-0.15, -0.1) is 0 Å². The Hall–Kier alpha value is -1.99. The molecule has 0 spiro atoms. The number of benzene rings is 2. The number of aliphatic hydroxyl groups excluding tert-OH is 1. The van der Waals surface area contributed by atoms with E-state index in [0.717, 1.165) is 0 Å². The predicted octanol–water partition coefficient (Wildman–Crippen LogP) is 3.59. The Labute approximate surface area is 132 Å². The summed E-state index contributed by atoms with van der Waals surface area (Å²) in [6.45, 7) is -0.244. The maximum Gasteiger partial charge on any atom is 0.255 e. The van der Waals surface area contributed by atoms with Gasteiger partial charge in [0.2, 0.25) is 0 Å². The van der Waals surface area contributed by atoms with E-state index in [1.807, 2.05) is 0 Å². The molecule has 0 atom stereocenters. The van der Waals surface area contributed by atoms with Crippen LogP contribution >= 0.6 is 23.2 Å². The first kappa shape index (κ1) is 15.4. The Balaban J connectivity index is 2.27. The second-order valence-corrected chi connectivity index (χ2v) is 4.99. The van der Waals surface area contributed by atoms with Crippen LogP contribution in [-0.4, -0.2) is 17.6 Å². The van der Waals surface area contributed by atoms with E-state index in [0.29, 0.717) is 26.9 Å². The number of nitrogens with one attached hydrogen (secondary N) is 1. The third kappa shape index (κ3) is 4.24. The number of anilines is 1. The molecule has 0 aliphatic rings. The van der Waals surface area contributed by atoms with Crippen LogP contribution in [0.25, 0.3) is 0 Å². The molecule has 0 aliphatic heterocycles. The summed E-state index contributed by atoms with van der Waals surface area (Å²) < 4.78 is 0. The largest absolute Gasteiger partial charge is 0.384 e. The van der Waals surface area contributed by atoms with E-state index >= 15 is 0 Å². The Morgan fingerprint density at radius 2 is 1.81 bits per heavy atom. The number of para-hydroxylation sites is 1. The summed E-state index contributed by atoms with van der Waals surface area (Å²) in [6.07, 6.45) is 0. The molecule has 0 bridgehead atoms. The van der Waals surface area contributed by atoms with Crippen LogP contribution in [0.15, 0.2) is 42.5 Å². The van der Waals surface area contributed by atoms with Gasteiger partial charge in [-0.2, -0.15) is 0 Å². The van der Waals surface area contributed by atoms with Crippen LogP contribution < -0.4 is 5.32 Å². The first-order valence-electron chi connectivity index (χ1n) is 6.06. The van der Waals surface area contributed by atoms with Crippen LogP contribution in [0, 0.1) is 11.8 Å². The van der Waals surface area contributed by atoms with Crippen LogP contribution in [-0.2, 0) is 0 Å². The van der Waals surface area contributed by atoms with Gasteiger partial charge in [0, 0.05) is 21.2 Å². The fourth-order valence-corrected chi connectivity index (χ4v) is 2.24. The van der Waals surface area contributed by atoms with Crippen molar-refractivity contribution in [3.63, 3.8) is 0 Å². The zero-order valence-electron chi connectivity index (χ0n) is 10.9. The number of rotatable bonds is 2. The molecule has 2 aromatic carbocycles. The topological polar surface area (TPSA) is 49.3 Å². The summed E-state index contributed by atoms with van der Waals surface area (Å²) in [5, 5.41) is 12.3. The molecule has 5 heteroatoms. The molecule has 0 heterocycles. The number of halogens is 2. The minimum Gasteiger partial charge on any atom is -0.384 e. The molecule has 0 fully saturated rings. The third-order valence-electron chi connectivity index (χ3n) is 2.60. The molecule has 0 radical (unpaired) electrons. The molecule has 21 heavy (non-hydrogen) atoms. The van der Waals surface area contributed by atoms with E-state index in [9.17, 15) is 4.79 Å². The van der Waals surface area contributed by atoms with Crippen molar-refractivity contribution in [1.29, 1.82) is 0 Å². The van der Waals surface area contributed by atoms with Crippen LogP contribution in [0.4, 0.5) is 5.69 Å². The molecule has 106 valence electrons. The Morgan fingerprint density at radius 1 is 1.14 bits per heavy atom. The van der Waals surface area contributed by atoms with E-state index in [1.54, 1.807) is 30.3 Å². The zero-order valence-corrected chi connectivity index (χ0v) is 12.4. The highest BCUT2D eigenvalue weighted by atomic mass is 35.5. The third-order valence-corrected chi connectivity index (χ3v) is 3.04. The Bertz CT molecular complexity index is 712. The standard InChI is InChI=1S/C16H11Cl2NO2/c17-13-8-12(9-14(18)10-13)16(21)19-15-6-2-1-4-11(15)5-3-7-20/h1-2,4,6,8-10,20H,7H2,(H,19,21). The summed E-state index contributed by atoms with van der Waals surface area (Å²) in [6, 6.07) is 11.7. The second kappa shape index (κ2) is 7.14. The summed E-state index contributed by atoms with van der Waals surface area (Å²) in [5.41, 5.74) is 1.53. The quantitative estimate of drug-likeness (QED) is 0.831. The number of carbonyl (C=O) groups is 1. The fraction of sp³-hybridized carbons (Fsp3) is 0.0625. The molecule has 3 nitrogen and oxygen atoms in total. The van der Waals surface area contributed by atoms with Gasteiger partial charge in [0.15, 0.2) is 0 Å². The van der Waals surface area contributed by atoms with Crippen molar-refractivity contribution in [2.45, 2.75) is 0 Å². The molecule has 2 N–H and O–H groups in total. The van der Waals surface area contributed by atoms with Crippen LogP contribution in [0.1, 0.15) is 15.9 Å². The minimum absolute atomic E-state index is 0.244. The number of amides is 1. The summed E-state index contributed by atoms with van der Waals surface area (Å²) in [4.78, 5) is 12.2. The molecule has 0 saturated carbocycles. The lowest BCUT2D eigenvalue weighted by Crippen LogP contribution is -2.12. The lowest BCUT2D eigenvalue weighted by molar-refractivity contribution is 0.102. The molecule has 0 saturated heterocycles. The van der Waals surface area contributed by atoms with E-state index < -0.39 is 0 Å². The average Bonchev–Trinajstić information content (AvgIpc) is 2.45. The van der Waals surface area contributed by atoms with Crippen LogP contribution in [0.2, 0.25) is 10.0 Å². The van der Waals surface area contributed by atoms with Gasteiger partial charge in [0.25, 0.3) is 5.91 Å². The van der Waals surface area contributed by atoms with E-state index in [2.05, 4.69) is 17.2 Å². The first-order valence-corrected chi connectivity index (χ1v) is 6.82. The van der Waals surface area contributed by atoms with Gasteiger partial charge in [0.05, 0.1) is 5.69 Å². The predicted molar refractivity (Wildman–Crippen MR) is 84.8 cm³/mol. The van der Waals surface area contributed by atoms with Gasteiger partial charge in [-0.1, -0.05) is 47.2 Å². The zero-order chi connectivity index (χ0) is 15.2. The molecule has 2 aromatic rings. The first-order chi connectivity index (χ1) is 10.1. The SMILES string of the molecule is O=C(Nc1ccccc1C#CCO)c1cc(Cl)cc(Cl)c1. The van der Waals surface area contributed by atoms with Crippen LogP contribution in [0.3, 0.4) is 0 Å². The lowest BCUT2D eigenvalue weighted by atomic mass is 10.1. The average molecular weight is 320 g/mol. The van der Waals surface area contributed by atoms with Crippen molar-refractivity contribution >= 4 is 34.8 Å². The molecule has 1 amide bonds. The van der Waals surface area contributed by atoms with Crippen molar-refractivity contribution in [3.8, 4) is 11.8 Å². The van der Waals surface area contributed by atoms with Gasteiger partial charge < -0.3 is 10.4 Å². The second-order valence-electron chi connectivity index (χ2n) is 4.12. The van der Waals surface area contributed by atoms with Crippen molar-refractivity contribution < 1.29 is 9.90 Å². The summed E-state index contributed by atoms with van der Waals surface area (Å²) in [5.74, 6) is 4.99. The van der Waals surface area contributed by atoms with Gasteiger partial charge in [-0.3, -0.25) is 4.79 Å². The van der Waals surface area contributed by atoms with Crippen molar-refractivity contribution in [2.24, 2.45) is 0 Å². The normalized spacial score (nSPS) is 9.67. The highest BCUT2D eigenvalue weighted by Gasteiger charge is 2.10. The van der Waals surface area contributed by atoms with Crippen molar-refractivity contribution in [2.75, 3.05) is 11.9 Å². The molecular formula is C16H11Cl2NO2. The van der Waals surface area contributed by atoms with E-state index in [1.165, 1.54) is 12.1 Å². The maximum atomic E-state index is 12.2. The number of hydrogen-bond acceptors (Lipinski definition) is 2. The van der Waals surface area contributed by atoms with Crippen LogP contribution in [0.5, 0.6) is 0 Å². The van der Waals surface area contributed by atoms with Gasteiger partial charge >= 0.3 is 0 Å². The number of aliphatic hydroxyl groups is 1. The fourth-order valence-electron chi connectivity index (χ4n) is 1.72. The van der Waals surface area contributed by atoms with Crippen molar-refractivity contribution in [3.05, 3.63) is 63.6 Å². The van der Waals surface area contributed by atoms with E-state index in [4.69, 9.17) is 28.3 Å². The van der Waals surface area contributed by atoms with Gasteiger partial charge in [0.1, 0.15) is 6.61 Å². The Kier molecular flexibility index (Phi) is 5.24. The minimum atomic E-state index is -0.336. The van der Waals surface area contributed by atoms with Gasteiger partial charge in [-0.25, -0.2) is 0 Å². The highest BCUT2D eigenvalue weighted by molar-refractivity contribution is 6.35. The Morgan fingerprint density at radius 3 is 2.48 bits per heavy atom. The summed E-state index contributed by atoms with van der Waals surface area (Å²) >= 11 is 11.8. The monoisotopic (exact) mass is 319 g/mol. The van der Waals surface area contributed by atoms with Gasteiger partial charge in [-0.05, 0) is 30.3 Å². The molecule has 2 rings (SSSR count). The molecule has 0 unspecified atom stereocenters. The smallest absolute Gasteiger partial charge is 0.255 e. The van der Waals surface area contributed by atoms with Crippen molar-refractivity contribution in [1.82, 2.24) is 0 Å². The molecule has 0 aliphatic carbocycles.